The number of hydrogen-bond donors (Lipinski definition) is 0. The summed E-state index contributed by atoms with van der Waals surface area (Å²) in [5.41, 5.74) is 10.6. The molecule has 0 spiro atoms. The summed E-state index contributed by atoms with van der Waals surface area (Å²) in [5, 5.41) is 12.8. The smallest absolute Gasteiger partial charge is 0.0640 e. The van der Waals surface area contributed by atoms with Crippen LogP contribution in [-0.4, -0.2) is 0 Å². The van der Waals surface area contributed by atoms with Crippen molar-refractivity contribution < 1.29 is 0 Å². The van der Waals surface area contributed by atoms with Gasteiger partial charge in [-0.2, -0.15) is 0 Å². The zero-order valence-electron chi connectivity index (χ0n) is 32.7. The first kappa shape index (κ1) is 34.5. The molecule has 0 amide bonds. The number of hydrogen-bond acceptors (Lipinski definition) is 2. The predicted molar refractivity (Wildman–Crippen MR) is 260 cm³/mol. The van der Waals surface area contributed by atoms with Gasteiger partial charge in [-0.05, 0) is 125 Å². The first-order valence-electron chi connectivity index (χ1n) is 20.6. The van der Waals surface area contributed by atoms with Crippen LogP contribution in [0.3, 0.4) is 0 Å². The van der Waals surface area contributed by atoms with Gasteiger partial charge in [-0.3, -0.25) is 0 Å². The van der Waals surface area contributed by atoms with Crippen molar-refractivity contribution >= 4 is 91.7 Å². The van der Waals surface area contributed by atoms with Crippen molar-refractivity contribution in [2.75, 3.05) is 4.90 Å². The first-order chi connectivity index (χ1) is 29.7. The van der Waals surface area contributed by atoms with Gasteiger partial charge in [0.15, 0.2) is 0 Å². The van der Waals surface area contributed by atoms with Crippen LogP contribution < -0.4 is 4.90 Å². The van der Waals surface area contributed by atoms with Crippen LogP contribution >= 0.6 is 11.3 Å². The number of rotatable bonds is 6. The normalized spacial score (nSPS) is 11.7. The quantitative estimate of drug-likeness (QED) is 0.152. The molecule has 12 rings (SSSR count). The van der Waals surface area contributed by atoms with Crippen molar-refractivity contribution in [3.05, 3.63) is 224 Å². The number of nitrogens with zero attached hydrogens (tertiary/aromatic N) is 1. The van der Waals surface area contributed by atoms with Gasteiger partial charge in [0, 0.05) is 26.8 Å². The third-order valence-corrected chi connectivity index (χ3v) is 13.4. The molecular formula is C58H37NS. The van der Waals surface area contributed by atoms with E-state index in [0.29, 0.717) is 0 Å². The summed E-state index contributed by atoms with van der Waals surface area (Å²) in [4.78, 5) is 2.44. The monoisotopic (exact) mass is 779 g/mol. The molecule has 0 atom stereocenters. The van der Waals surface area contributed by atoms with Gasteiger partial charge < -0.3 is 4.90 Å². The van der Waals surface area contributed by atoms with Crippen molar-refractivity contribution in [2.24, 2.45) is 0 Å². The Balaban J connectivity index is 0.992. The van der Waals surface area contributed by atoms with Gasteiger partial charge >= 0.3 is 0 Å². The standard InChI is InChI=1S/C58H37NS/c1-2-19-46-39(13-1)14-11-25-47(46)43-17-9-15-40(35-43)41-16-10-18-45(36-41)59(56-27-12-26-54-53-24-7-8-28-57(53)60-58(54)56)44-32-29-38(30-33-44)42-31-34-52-50-22-4-3-20-48(50)49-21-5-6-23-51(49)55(52)37-42/h1-37H. The van der Waals surface area contributed by atoms with Crippen LogP contribution in [0.2, 0.25) is 0 Å². The van der Waals surface area contributed by atoms with Gasteiger partial charge in [0.2, 0.25) is 0 Å². The lowest BCUT2D eigenvalue weighted by Crippen LogP contribution is -2.10. The second-order valence-corrected chi connectivity index (χ2v) is 16.7. The molecule has 2 heteroatoms. The molecule has 0 saturated carbocycles. The van der Waals surface area contributed by atoms with Gasteiger partial charge in [-0.25, -0.2) is 0 Å². The predicted octanol–water partition coefficient (Wildman–Crippen LogP) is 17.1. The summed E-state index contributed by atoms with van der Waals surface area (Å²) < 4.78 is 2.57. The molecule has 1 nitrogen and oxygen atoms in total. The molecule has 0 bridgehead atoms. The number of fused-ring (bicyclic) bond motifs is 10. The van der Waals surface area contributed by atoms with Crippen LogP contribution in [0.25, 0.3) is 96.6 Å². The molecule has 0 radical (unpaired) electrons. The third kappa shape index (κ3) is 5.68. The van der Waals surface area contributed by atoms with Crippen molar-refractivity contribution in [2.45, 2.75) is 0 Å². The summed E-state index contributed by atoms with van der Waals surface area (Å²) in [6.07, 6.45) is 0. The molecule has 0 saturated heterocycles. The summed E-state index contributed by atoms with van der Waals surface area (Å²) in [6.45, 7) is 0. The molecule has 11 aromatic carbocycles. The molecule has 1 aromatic heterocycles. The molecule has 1 heterocycles. The van der Waals surface area contributed by atoms with Gasteiger partial charge in [-0.15, -0.1) is 11.3 Å². The highest BCUT2D eigenvalue weighted by Crippen LogP contribution is 2.46. The number of anilines is 3. The highest BCUT2D eigenvalue weighted by atomic mass is 32.1. The fraction of sp³-hybridized carbons (Fsp3) is 0. The van der Waals surface area contributed by atoms with Crippen molar-refractivity contribution in [3.63, 3.8) is 0 Å². The Labute approximate surface area is 352 Å². The van der Waals surface area contributed by atoms with Crippen LogP contribution in [-0.2, 0) is 0 Å². The first-order valence-corrected chi connectivity index (χ1v) is 21.4. The van der Waals surface area contributed by atoms with E-state index in [2.05, 4.69) is 229 Å². The molecule has 0 N–H and O–H groups in total. The van der Waals surface area contributed by atoms with Gasteiger partial charge in [0.1, 0.15) is 0 Å². The Morgan fingerprint density at radius 2 is 0.817 bits per heavy atom. The van der Waals surface area contributed by atoms with Crippen molar-refractivity contribution in [1.29, 1.82) is 0 Å². The lowest BCUT2D eigenvalue weighted by molar-refractivity contribution is 1.30. The zero-order chi connectivity index (χ0) is 39.6. The molecule has 60 heavy (non-hydrogen) atoms. The van der Waals surface area contributed by atoms with E-state index in [1.807, 2.05) is 11.3 Å². The van der Waals surface area contributed by atoms with Crippen LogP contribution in [0.1, 0.15) is 0 Å². The number of benzene rings is 11. The van der Waals surface area contributed by atoms with Crippen molar-refractivity contribution in [1.82, 2.24) is 0 Å². The van der Waals surface area contributed by atoms with E-state index in [1.54, 1.807) is 0 Å². The average molecular weight is 780 g/mol. The highest BCUT2D eigenvalue weighted by molar-refractivity contribution is 7.26. The van der Waals surface area contributed by atoms with E-state index in [-0.39, 0.29) is 0 Å². The Morgan fingerprint density at radius 1 is 0.283 bits per heavy atom. The van der Waals surface area contributed by atoms with E-state index in [4.69, 9.17) is 0 Å². The van der Waals surface area contributed by atoms with Gasteiger partial charge in [-0.1, -0.05) is 176 Å². The summed E-state index contributed by atoms with van der Waals surface area (Å²) in [6, 6.07) is 82.5. The molecular weight excluding hydrogens is 743 g/mol. The van der Waals surface area contributed by atoms with E-state index in [1.165, 1.54) is 102 Å². The third-order valence-electron chi connectivity index (χ3n) is 12.2. The van der Waals surface area contributed by atoms with Crippen LogP contribution in [0.15, 0.2) is 224 Å². The maximum atomic E-state index is 2.44. The Hall–Kier alpha value is -7.52. The lowest BCUT2D eigenvalue weighted by atomic mass is 9.92. The molecule has 12 aromatic rings. The molecule has 0 aliphatic carbocycles. The van der Waals surface area contributed by atoms with E-state index in [0.717, 1.165) is 11.4 Å². The van der Waals surface area contributed by atoms with Crippen molar-refractivity contribution in [3.8, 4) is 33.4 Å². The molecule has 0 aliphatic heterocycles. The second kappa shape index (κ2) is 14.1. The minimum atomic E-state index is 1.11. The molecule has 0 fully saturated rings. The SMILES string of the molecule is c1cc(-c2cccc(N(c3ccc(-c4ccc5c6ccccc6c6ccccc6c5c4)cc3)c3cccc4c3sc3ccccc34)c2)cc(-c2cccc3ccccc23)c1. The Kier molecular flexibility index (Phi) is 8.11. The average Bonchev–Trinajstić information content (AvgIpc) is 3.71. The van der Waals surface area contributed by atoms with Gasteiger partial charge in [0.25, 0.3) is 0 Å². The number of thiophene rings is 1. The topological polar surface area (TPSA) is 3.24 Å². The van der Waals surface area contributed by atoms with E-state index < -0.39 is 0 Å². The zero-order valence-corrected chi connectivity index (χ0v) is 33.5. The fourth-order valence-corrected chi connectivity index (χ4v) is 10.6. The second-order valence-electron chi connectivity index (χ2n) is 15.6. The van der Waals surface area contributed by atoms with Crippen LogP contribution in [0, 0.1) is 0 Å². The molecule has 0 unspecified atom stereocenters. The highest BCUT2D eigenvalue weighted by Gasteiger charge is 2.19. The van der Waals surface area contributed by atoms with Gasteiger partial charge in [0.05, 0.1) is 10.4 Å². The summed E-state index contributed by atoms with van der Waals surface area (Å²) in [7, 11) is 0. The maximum Gasteiger partial charge on any atom is 0.0640 e. The van der Waals surface area contributed by atoms with E-state index in [9.17, 15) is 0 Å². The minimum absolute atomic E-state index is 1.11. The molecule has 280 valence electrons. The lowest BCUT2D eigenvalue weighted by Gasteiger charge is -2.27. The van der Waals surface area contributed by atoms with Crippen LogP contribution in [0.5, 0.6) is 0 Å². The summed E-state index contributed by atoms with van der Waals surface area (Å²) >= 11 is 1.87. The van der Waals surface area contributed by atoms with E-state index >= 15 is 0 Å². The maximum absolute atomic E-state index is 2.44. The summed E-state index contributed by atoms with van der Waals surface area (Å²) in [5.74, 6) is 0. The largest absolute Gasteiger partial charge is 0.309 e. The molecule has 0 aliphatic rings. The fourth-order valence-electron chi connectivity index (χ4n) is 9.39. The Bertz CT molecular complexity index is 3570. The minimum Gasteiger partial charge on any atom is -0.309 e. The Morgan fingerprint density at radius 3 is 1.60 bits per heavy atom. The van der Waals surface area contributed by atoms with Crippen LogP contribution in [0.4, 0.5) is 17.1 Å².